The fourth-order valence-corrected chi connectivity index (χ4v) is 3.22. The van der Waals surface area contributed by atoms with Gasteiger partial charge in [0.15, 0.2) is 0 Å². The first-order chi connectivity index (χ1) is 14.9. The molecule has 0 aliphatic heterocycles. The molecule has 0 aliphatic rings. The summed E-state index contributed by atoms with van der Waals surface area (Å²) in [6.45, 7) is 8.90. The fraction of sp³-hybridized carbons (Fsp3) is 0.0909. The Morgan fingerprint density at radius 1 is 1.26 bits per heavy atom. The van der Waals surface area contributed by atoms with Crippen LogP contribution in [0.15, 0.2) is 54.7 Å². The van der Waals surface area contributed by atoms with Gasteiger partial charge < -0.3 is 5.32 Å². The van der Waals surface area contributed by atoms with Crippen molar-refractivity contribution < 1.29 is 9.18 Å². The van der Waals surface area contributed by atoms with Crippen LogP contribution < -0.4 is 5.32 Å². The molecule has 4 rings (SSSR count). The summed E-state index contributed by atoms with van der Waals surface area (Å²) >= 11 is 6.10. The smallest absolute Gasteiger partial charge is 0.272 e. The summed E-state index contributed by atoms with van der Waals surface area (Å²) in [5, 5.41) is 14.0. The average molecular weight is 435 g/mol. The van der Waals surface area contributed by atoms with E-state index in [9.17, 15) is 9.18 Å². The first-order valence-corrected chi connectivity index (χ1v) is 9.64. The van der Waals surface area contributed by atoms with Crippen molar-refractivity contribution in [3.05, 3.63) is 93.9 Å². The normalized spacial score (nSPS) is 10.6. The van der Waals surface area contributed by atoms with Crippen molar-refractivity contribution in [2.24, 2.45) is 0 Å². The second-order valence-electron chi connectivity index (χ2n) is 6.82. The van der Waals surface area contributed by atoms with Crippen LogP contribution in [0.2, 0.25) is 5.02 Å². The molecule has 0 unspecified atom stereocenters. The molecule has 0 atom stereocenters. The van der Waals surface area contributed by atoms with E-state index in [1.807, 2.05) is 0 Å². The van der Waals surface area contributed by atoms with Crippen LogP contribution >= 0.6 is 11.6 Å². The van der Waals surface area contributed by atoms with E-state index in [0.717, 1.165) is 11.3 Å². The lowest BCUT2D eigenvalue weighted by atomic mass is 10.1. The van der Waals surface area contributed by atoms with Crippen molar-refractivity contribution in [3.63, 3.8) is 0 Å². The quantitative estimate of drug-likeness (QED) is 0.441. The topological polar surface area (TPSA) is 80.0 Å². The highest BCUT2D eigenvalue weighted by atomic mass is 35.5. The van der Waals surface area contributed by atoms with E-state index in [2.05, 4.69) is 25.5 Å². The third-order valence-electron chi connectivity index (χ3n) is 4.63. The maximum Gasteiger partial charge on any atom is 0.272 e. The summed E-state index contributed by atoms with van der Waals surface area (Å²) in [6.07, 6.45) is 1.71. The van der Waals surface area contributed by atoms with Crippen LogP contribution in [0, 0.1) is 19.3 Å². The van der Waals surface area contributed by atoms with Crippen molar-refractivity contribution in [2.75, 3.05) is 0 Å². The maximum absolute atomic E-state index is 14.6. The summed E-state index contributed by atoms with van der Waals surface area (Å²) < 4.78 is 16.1. The number of aromatic amines is 1. The number of aryl methyl sites for hydroxylation is 1. The number of nitrogens with zero attached hydrogens (tertiary/aromatic N) is 4. The molecule has 0 spiro atoms. The van der Waals surface area contributed by atoms with Crippen molar-refractivity contribution in [2.45, 2.75) is 13.5 Å². The number of halogens is 2. The first kappa shape index (κ1) is 20.3. The average Bonchev–Trinajstić information content (AvgIpc) is 3.42. The second-order valence-corrected chi connectivity index (χ2v) is 7.23. The van der Waals surface area contributed by atoms with E-state index in [1.54, 1.807) is 60.3 Å². The van der Waals surface area contributed by atoms with E-state index >= 15 is 0 Å². The number of carbonyl (C=O) groups is 1. The lowest BCUT2D eigenvalue weighted by molar-refractivity contribution is 0.0945. The molecule has 0 saturated carbocycles. The van der Waals surface area contributed by atoms with Gasteiger partial charge in [-0.1, -0.05) is 29.8 Å². The second kappa shape index (κ2) is 8.42. The Balaban J connectivity index is 1.49. The Kier molecular flexibility index (Phi) is 5.52. The Hall–Kier alpha value is -3.96. The zero-order valence-corrected chi connectivity index (χ0v) is 17.1. The van der Waals surface area contributed by atoms with Gasteiger partial charge >= 0.3 is 0 Å². The molecule has 2 aromatic carbocycles. The monoisotopic (exact) mass is 434 g/mol. The predicted octanol–water partition coefficient (Wildman–Crippen LogP) is 4.84. The summed E-state index contributed by atoms with van der Waals surface area (Å²) in [7, 11) is 0. The predicted molar refractivity (Wildman–Crippen MR) is 115 cm³/mol. The lowest BCUT2D eigenvalue weighted by Gasteiger charge is -2.08. The number of hydrogen-bond acceptors (Lipinski definition) is 3. The molecule has 2 N–H and O–H groups in total. The minimum absolute atomic E-state index is 0.0348. The Morgan fingerprint density at radius 3 is 2.77 bits per heavy atom. The van der Waals surface area contributed by atoms with Gasteiger partial charge in [0.2, 0.25) is 5.69 Å². The van der Waals surface area contributed by atoms with Crippen LogP contribution in [-0.2, 0) is 6.54 Å². The SMILES string of the molecule is [C-]#[N+]c1ccc(-c2ccn(-c3ccc(CNC(=O)c4cc(C)[nH]n4)c(F)c3)n2)cc1Cl. The number of hydrogen-bond donors (Lipinski definition) is 2. The Labute approximate surface area is 182 Å². The van der Waals surface area contributed by atoms with Gasteiger partial charge in [0.25, 0.3) is 5.91 Å². The highest BCUT2D eigenvalue weighted by molar-refractivity contribution is 6.33. The molecular weight excluding hydrogens is 419 g/mol. The Bertz CT molecular complexity index is 1320. The number of aromatic nitrogens is 4. The lowest BCUT2D eigenvalue weighted by Crippen LogP contribution is -2.23. The molecule has 2 heterocycles. The number of carbonyl (C=O) groups excluding carboxylic acids is 1. The number of amides is 1. The highest BCUT2D eigenvalue weighted by Crippen LogP contribution is 2.30. The third kappa shape index (κ3) is 4.32. The zero-order chi connectivity index (χ0) is 22.0. The van der Waals surface area contributed by atoms with E-state index in [1.165, 1.54) is 6.07 Å². The van der Waals surface area contributed by atoms with E-state index in [0.29, 0.717) is 27.7 Å². The molecular formula is C22H16ClFN6O. The van der Waals surface area contributed by atoms with E-state index in [4.69, 9.17) is 18.2 Å². The number of benzene rings is 2. The molecule has 2 aromatic heterocycles. The molecule has 31 heavy (non-hydrogen) atoms. The largest absolute Gasteiger partial charge is 0.346 e. The van der Waals surface area contributed by atoms with Crippen molar-refractivity contribution in [1.29, 1.82) is 0 Å². The van der Waals surface area contributed by atoms with Crippen molar-refractivity contribution in [3.8, 4) is 16.9 Å². The number of rotatable bonds is 5. The van der Waals surface area contributed by atoms with E-state index < -0.39 is 5.82 Å². The molecule has 0 radical (unpaired) electrons. The van der Waals surface area contributed by atoms with Gasteiger partial charge in [-0.3, -0.25) is 9.89 Å². The molecule has 4 aromatic rings. The van der Waals surface area contributed by atoms with Crippen molar-refractivity contribution in [1.82, 2.24) is 25.3 Å². The molecule has 9 heteroatoms. The maximum atomic E-state index is 14.6. The fourth-order valence-electron chi connectivity index (χ4n) is 3.00. The summed E-state index contributed by atoms with van der Waals surface area (Å²) in [4.78, 5) is 15.4. The molecule has 0 bridgehead atoms. The summed E-state index contributed by atoms with van der Waals surface area (Å²) in [6, 6.07) is 13.1. The van der Waals surface area contributed by atoms with Gasteiger partial charge in [-0.2, -0.15) is 10.2 Å². The van der Waals surface area contributed by atoms with Gasteiger partial charge in [-0.05, 0) is 37.3 Å². The minimum atomic E-state index is -0.461. The van der Waals surface area contributed by atoms with Crippen LogP contribution in [0.1, 0.15) is 21.7 Å². The number of H-pyrrole nitrogens is 1. The number of nitrogens with one attached hydrogen (secondary N) is 2. The van der Waals surface area contributed by atoms with Gasteiger partial charge in [0, 0.05) is 34.6 Å². The molecule has 1 amide bonds. The zero-order valence-electron chi connectivity index (χ0n) is 16.4. The highest BCUT2D eigenvalue weighted by Gasteiger charge is 2.12. The third-order valence-corrected chi connectivity index (χ3v) is 4.93. The van der Waals surface area contributed by atoms with Crippen LogP contribution in [0.4, 0.5) is 10.1 Å². The van der Waals surface area contributed by atoms with Crippen LogP contribution in [0.25, 0.3) is 21.8 Å². The minimum Gasteiger partial charge on any atom is -0.346 e. The summed E-state index contributed by atoms with van der Waals surface area (Å²) in [5.74, 6) is -0.843. The van der Waals surface area contributed by atoms with Crippen LogP contribution in [0.3, 0.4) is 0 Å². The van der Waals surface area contributed by atoms with E-state index in [-0.39, 0.29) is 18.1 Å². The molecule has 154 valence electrons. The first-order valence-electron chi connectivity index (χ1n) is 9.26. The standard InChI is InChI=1S/C22H16ClFN6O/c1-13-9-21(28-27-13)22(31)26-12-15-3-5-16(11-18(15)24)30-8-7-19(29-30)14-4-6-20(25-2)17(23)10-14/h3-11H,12H2,1H3,(H,26,31)(H,27,28). The van der Waals surface area contributed by atoms with Crippen molar-refractivity contribution >= 4 is 23.2 Å². The summed E-state index contributed by atoms with van der Waals surface area (Å²) in [5.41, 5.74) is 3.67. The van der Waals surface area contributed by atoms with Gasteiger partial charge in [-0.25, -0.2) is 13.9 Å². The van der Waals surface area contributed by atoms with Gasteiger partial charge in [0.05, 0.1) is 18.0 Å². The van der Waals surface area contributed by atoms with Crippen LogP contribution in [-0.4, -0.2) is 25.9 Å². The van der Waals surface area contributed by atoms with Crippen LogP contribution in [0.5, 0.6) is 0 Å². The molecule has 0 aliphatic carbocycles. The van der Waals surface area contributed by atoms with Gasteiger partial charge in [0.1, 0.15) is 11.5 Å². The molecule has 7 nitrogen and oxygen atoms in total. The van der Waals surface area contributed by atoms with Gasteiger partial charge in [-0.15, -0.1) is 0 Å². The molecule has 0 saturated heterocycles. The molecule has 0 fully saturated rings. The Morgan fingerprint density at radius 2 is 2.10 bits per heavy atom.